The first-order valence-electron chi connectivity index (χ1n) is 12.2. The average Bonchev–Trinajstić information content (AvgIpc) is 3.19. The maximum Gasteiger partial charge on any atom is 0.335 e. The van der Waals surface area contributed by atoms with E-state index in [1.54, 1.807) is 18.2 Å². The molecule has 1 fully saturated rings. The lowest BCUT2D eigenvalue weighted by Crippen LogP contribution is -2.54. The number of nitrogens with one attached hydrogen (secondary N) is 1. The van der Waals surface area contributed by atoms with E-state index in [-0.39, 0.29) is 5.57 Å². The zero-order valence-electron chi connectivity index (χ0n) is 21.0. The summed E-state index contributed by atoms with van der Waals surface area (Å²) < 4.78 is 2.08. The third-order valence-electron chi connectivity index (χ3n) is 6.71. The summed E-state index contributed by atoms with van der Waals surface area (Å²) in [7, 11) is 0. The second kappa shape index (κ2) is 9.74. The number of benzene rings is 3. The van der Waals surface area contributed by atoms with Crippen molar-refractivity contribution in [3.63, 3.8) is 0 Å². The van der Waals surface area contributed by atoms with Gasteiger partial charge in [0.1, 0.15) is 5.57 Å². The molecule has 0 unspecified atom stereocenters. The maximum absolute atomic E-state index is 13.3. The van der Waals surface area contributed by atoms with Gasteiger partial charge in [-0.05, 0) is 78.9 Å². The van der Waals surface area contributed by atoms with Gasteiger partial charge in [-0.15, -0.1) is 0 Å². The van der Waals surface area contributed by atoms with Crippen LogP contribution in [0.5, 0.6) is 0 Å². The minimum absolute atomic E-state index is 0.0844. The van der Waals surface area contributed by atoms with Crippen LogP contribution < -0.4 is 10.2 Å². The Hall–Kier alpha value is -4.71. The van der Waals surface area contributed by atoms with E-state index in [2.05, 4.69) is 46.3 Å². The summed E-state index contributed by atoms with van der Waals surface area (Å²) in [5, 5.41) is 2.30. The van der Waals surface area contributed by atoms with Crippen molar-refractivity contribution in [1.29, 1.82) is 0 Å². The normalized spacial score (nSPS) is 14.8. The largest absolute Gasteiger partial charge is 0.335 e. The first-order chi connectivity index (χ1) is 17.9. The molecule has 37 heavy (non-hydrogen) atoms. The van der Waals surface area contributed by atoms with Crippen molar-refractivity contribution in [2.24, 2.45) is 0 Å². The van der Waals surface area contributed by atoms with Crippen LogP contribution in [0.1, 0.15) is 29.4 Å². The quantitative estimate of drug-likeness (QED) is 0.277. The summed E-state index contributed by atoms with van der Waals surface area (Å²) in [4.78, 5) is 39.6. The number of anilines is 1. The van der Waals surface area contributed by atoms with E-state index in [0.29, 0.717) is 5.69 Å². The van der Waals surface area contributed by atoms with Crippen LogP contribution in [0.4, 0.5) is 10.5 Å². The van der Waals surface area contributed by atoms with Crippen LogP contribution in [0.2, 0.25) is 0 Å². The molecule has 0 aliphatic carbocycles. The molecule has 0 radical (unpaired) electrons. The number of rotatable bonds is 5. The van der Waals surface area contributed by atoms with Crippen LogP contribution in [0.3, 0.4) is 0 Å². The minimum atomic E-state index is -0.750. The predicted octanol–water partition coefficient (Wildman–Crippen LogP) is 5.99. The molecule has 0 saturated carbocycles. The Balaban J connectivity index is 1.48. The van der Waals surface area contributed by atoms with Gasteiger partial charge >= 0.3 is 6.03 Å². The summed E-state index contributed by atoms with van der Waals surface area (Å²) in [5.74, 6) is -1.34. The van der Waals surface area contributed by atoms with Gasteiger partial charge in [-0.2, -0.15) is 0 Å². The third kappa shape index (κ3) is 4.49. The van der Waals surface area contributed by atoms with Gasteiger partial charge in [0.25, 0.3) is 11.8 Å². The smallest absolute Gasteiger partial charge is 0.318 e. The molecular weight excluding hydrogens is 462 g/mol. The van der Waals surface area contributed by atoms with Gasteiger partial charge in [0.05, 0.1) is 5.69 Å². The number of carbonyl (C=O) groups is 3. The van der Waals surface area contributed by atoms with Crippen LogP contribution >= 0.6 is 0 Å². The highest BCUT2D eigenvalue weighted by atomic mass is 16.2. The number of amides is 4. The van der Waals surface area contributed by atoms with Gasteiger partial charge in [-0.1, -0.05) is 61.5 Å². The summed E-state index contributed by atoms with van der Waals surface area (Å²) in [6.07, 6.45) is 2.41. The first kappa shape index (κ1) is 24.0. The monoisotopic (exact) mass is 489 g/mol. The lowest BCUT2D eigenvalue weighted by molar-refractivity contribution is -0.122. The van der Waals surface area contributed by atoms with Crippen molar-refractivity contribution in [3.05, 3.63) is 113 Å². The summed E-state index contributed by atoms with van der Waals surface area (Å²) in [6, 6.07) is 26.8. The van der Waals surface area contributed by atoms with E-state index in [1.165, 1.54) is 0 Å². The van der Waals surface area contributed by atoms with Crippen LogP contribution in [0, 0.1) is 13.8 Å². The first-order valence-corrected chi connectivity index (χ1v) is 12.2. The molecule has 4 aromatic rings. The number of imide groups is 2. The number of hydrogen-bond donors (Lipinski definition) is 1. The Morgan fingerprint density at radius 3 is 2.05 bits per heavy atom. The molecule has 1 aromatic heterocycles. The van der Waals surface area contributed by atoms with Crippen LogP contribution in [-0.2, 0) is 16.0 Å². The number of hydrogen-bond acceptors (Lipinski definition) is 3. The summed E-state index contributed by atoms with van der Waals surface area (Å²) in [5.41, 5.74) is 7.24. The highest BCUT2D eigenvalue weighted by Crippen LogP contribution is 2.28. The van der Waals surface area contributed by atoms with E-state index in [4.69, 9.17) is 0 Å². The van der Waals surface area contributed by atoms with Crippen molar-refractivity contribution in [2.45, 2.75) is 27.2 Å². The van der Waals surface area contributed by atoms with Gasteiger partial charge in [-0.25, -0.2) is 9.69 Å². The average molecular weight is 490 g/mol. The van der Waals surface area contributed by atoms with Crippen molar-refractivity contribution in [1.82, 2.24) is 9.88 Å². The van der Waals surface area contributed by atoms with Gasteiger partial charge in [-0.3, -0.25) is 14.9 Å². The second-order valence-electron chi connectivity index (χ2n) is 9.05. The number of aromatic nitrogens is 1. The zero-order valence-corrected chi connectivity index (χ0v) is 21.0. The molecule has 6 nitrogen and oxygen atoms in total. The molecule has 0 spiro atoms. The fourth-order valence-corrected chi connectivity index (χ4v) is 4.69. The number of barbiturate groups is 1. The van der Waals surface area contributed by atoms with Gasteiger partial charge in [0, 0.05) is 17.1 Å². The van der Waals surface area contributed by atoms with E-state index in [9.17, 15) is 14.4 Å². The Labute approximate surface area is 215 Å². The molecule has 1 aliphatic rings. The molecular formula is C31H27N3O3. The molecule has 6 heteroatoms. The highest BCUT2D eigenvalue weighted by molar-refractivity contribution is 6.39. The summed E-state index contributed by atoms with van der Waals surface area (Å²) >= 11 is 0. The van der Waals surface area contributed by atoms with Crippen molar-refractivity contribution in [3.8, 4) is 16.8 Å². The molecule has 3 aromatic carbocycles. The molecule has 1 aliphatic heterocycles. The third-order valence-corrected chi connectivity index (χ3v) is 6.71. The Bertz CT molecular complexity index is 1530. The maximum atomic E-state index is 13.3. The topological polar surface area (TPSA) is 71.4 Å². The van der Waals surface area contributed by atoms with E-state index in [0.717, 1.165) is 50.6 Å². The lowest BCUT2D eigenvalue weighted by atomic mass is 10.1. The number of carbonyl (C=O) groups excluding carboxylic acids is 3. The fraction of sp³-hybridized carbons (Fsp3) is 0.129. The minimum Gasteiger partial charge on any atom is -0.318 e. The Morgan fingerprint density at radius 1 is 0.784 bits per heavy atom. The van der Waals surface area contributed by atoms with Gasteiger partial charge < -0.3 is 4.57 Å². The molecule has 5 rings (SSSR count). The van der Waals surface area contributed by atoms with Crippen LogP contribution in [-0.4, -0.2) is 22.4 Å². The van der Waals surface area contributed by atoms with Crippen molar-refractivity contribution < 1.29 is 14.4 Å². The molecule has 1 N–H and O–H groups in total. The van der Waals surface area contributed by atoms with Crippen LogP contribution in [0.15, 0.2) is 90.5 Å². The van der Waals surface area contributed by atoms with Crippen LogP contribution in [0.25, 0.3) is 22.9 Å². The van der Waals surface area contributed by atoms with Crippen molar-refractivity contribution in [2.75, 3.05) is 4.90 Å². The SMILES string of the molecule is CCc1ccc(N2C(=O)NC(=O)/C(=C\c3cc(C)n(-c4ccc(-c5ccccc5)cc4)c3C)C2=O)cc1. The number of nitrogens with zero attached hydrogens (tertiary/aromatic N) is 2. The standard InChI is InChI=1S/C31H27N3O3/c1-4-22-10-14-27(15-11-22)34-30(36)28(29(35)32-31(34)37)19-25-18-20(2)33(21(25)3)26-16-12-24(13-17-26)23-8-6-5-7-9-23/h5-19H,4H2,1-3H3,(H,32,35,37)/b28-19+. The Kier molecular flexibility index (Phi) is 6.32. The van der Waals surface area contributed by atoms with Gasteiger partial charge in [0.2, 0.25) is 0 Å². The Morgan fingerprint density at radius 2 is 1.41 bits per heavy atom. The molecule has 2 heterocycles. The van der Waals surface area contributed by atoms with E-state index < -0.39 is 17.8 Å². The molecule has 0 bridgehead atoms. The van der Waals surface area contributed by atoms with E-state index in [1.807, 2.05) is 57.2 Å². The van der Waals surface area contributed by atoms with Crippen molar-refractivity contribution >= 4 is 29.6 Å². The van der Waals surface area contributed by atoms with Gasteiger partial charge in [0.15, 0.2) is 0 Å². The highest BCUT2D eigenvalue weighted by Gasteiger charge is 2.37. The predicted molar refractivity (Wildman–Crippen MR) is 146 cm³/mol. The molecule has 4 amide bonds. The van der Waals surface area contributed by atoms with E-state index >= 15 is 0 Å². The molecule has 184 valence electrons. The number of urea groups is 1. The molecule has 1 saturated heterocycles. The summed E-state index contributed by atoms with van der Waals surface area (Å²) in [6.45, 7) is 5.96. The number of aryl methyl sites for hydroxylation is 2. The second-order valence-corrected chi connectivity index (χ2v) is 9.05. The molecule has 0 atom stereocenters. The lowest BCUT2D eigenvalue weighted by Gasteiger charge is -2.26. The fourth-order valence-electron chi connectivity index (χ4n) is 4.69. The zero-order chi connectivity index (χ0) is 26.1.